The number of imidazole rings is 1. The summed E-state index contributed by atoms with van der Waals surface area (Å²) >= 11 is 5.47. The third kappa shape index (κ3) is 4.58. The topological polar surface area (TPSA) is 94.3 Å². The van der Waals surface area contributed by atoms with E-state index in [1.54, 1.807) is 7.05 Å². The first-order valence-electron chi connectivity index (χ1n) is 11.1. The summed E-state index contributed by atoms with van der Waals surface area (Å²) in [6, 6.07) is 8.41. The molecule has 1 aliphatic heterocycles. The maximum atomic E-state index is 15.0. The first-order chi connectivity index (χ1) is 17.8. The van der Waals surface area contributed by atoms with E-state index in [2.05, 4.69) is 10.3 Å². The molecule has 0 bridgehead atoms. The van der Waals surface area contributed by atoms with E-state index in [1.807, 2.05) is 0 Å². The van der Waals surface area contributed by atoms with Crippen molar-refractivity contribution in [1.29, 1.82) is 5.26 Å². The number of thiocarbonyl (C=S) groups is 1. The van der Waals surface area contributed by atoms with Gasteiger partial charge in [0.1, 0.15) is 17.1 Å². The van der Waals surface area contributed by atoms with Crippen molar-refractivity contribution in [3.63, 3.8) is 0 Å². The normalized spacial score (nSPS) is 15.1. The fourth-order valence-corrected chi connectivity index (χ4v) is 4.64. The number of alkyl halides is 3. The summed E-state index contributed by atoms with van der Waals surface area (Å²) in [6.45, 7) is 2.90. The summed E-state index contributed by atoms with van der Waals surface area (Å²) < 4.78 is 57.1. The molecule has 8 nitrogen and oxygen atoms in total. The molecule has 0 radical (unpaired) electrons. The van der Waals surface area contributed by atoms with E-state index in [0.29, 0.717) is 11.8 Å². The second-order valence-electron chi connectivity index (χ2n) is 9.01. The van der Waals surface area contributed by atoms with Crippen LogP contribution in [0.5, 0.6) is 0 Å². The molecule has 2 aromatic carbocycles. The molecule has 1 aromatic heterocycles. The van der Waals surface area contributed by atoms with Crippen molar-refractivity contribution in [2.45, 2.75) is 32.1 Å². The van der Waals surface area contributed by atoms with Crippen LogP contribution >= 0.6 is 12.2 Å². The molecule has 0 saturated carbocycles. The third-order valence-corrected chi connectivity index (χ3v) is 6.50. The molecule has 2 amide bonds. The van der Waals surface area contributed by atoms with Crippen LogP contribution in [-0.4, -0.2) is 32.0 Å². The maximum Gasteiger partial charge on any atom is 0.417 e. The Kier molecular flexibility index (Phi) is 6.71. The van der Waals surface area contributed by atoms with Gasteiger partial charge in [0, 0.05) is 24.8 Å². The Labute approximate surface area is 220 Å². The summed E-state index contributed by atoms with van der Waals surface area (Å²) in [5, 5.41) is 11.5. The average Bonchev–Trinajstić information content (AvgIpc) is 3.35. The minimum Gasteiger partial charge on any atom is -0.347 e. The first-order valence-corrected chi connectivity index (χ1v) is 11.5. The van der Waals surface area contributed by atoms with E-state index >= 15 is 4.39 Å². The highest BCUT2D eigenvalue weighted by atomic mass is 32.1. The largest absolute Gasteiger partial charge is 0.417 e. The van der Waals surface area contributed by atoms with Gasteiger partial charge in [0.25, 0.3) is 11.8 Å². The van der Waals surface area contributed by atoms with Gasteiger partial charge in [0.05, 0.1) is 35.4 Å². The van der Waals surface area contributed by atoms with Crippen LogP contribution in [0, 0.1) is 17.1 Å². The smallest absolute Gasteiger partial charge is 0.347 e. The first kappa shape index (κ1) is 26.7. The van der Waals surface area contributed by atoms with E-state index in [4.69, 9.17) is 17.5 Å². The lowest BCUT2D eigenvalue weighted by atomic mass is 10.0. The lowest BCUT2D eigenvalue weighted by Gasteiger charge is -2.29. The molecule has 4 rings (SSSR count). The minimum atomic E-state index is -4.83. The molecule has 1 fully saturated rings. The second-order valence-corrected chi connectivity index (χ2v) is 9.37. The lowest BCUT2D eigenvalue weighted by molar-refractivity contribution is -0.137. The highest BCUT2D eigenvalue weighted by molar-refractivity contribution is 7.81. The van der Waals surface area contributed by atoms with Crippen molar-refractivity contribution in [3.05, 3.63) is 77.1 Å². The van der Waals surface area contributed by atoms with Gasteiger partial charge in [-0.2, -0.15) is 18.4 Å². The van der Waals surface area contributed by atoms with Crippen LogP contribution in [0.2, 0.25) is 0 Å². The molecule has 0 spiro atoms. The summed E-state index contributed by atoms with van der Waals surface area (Å²) in [4.78, 5) is 31.7. The van der Waals surface area contributed by atoms with Gasteiger partial charge in [-0.05, 0) is 56.4 Å². The number of halogens is 4. The molecular formula is C25H20F4N6O2S. The number of benzene rings is 2. The summed E-state index contributed by atoms with van der Waals surface area (Å²) in [5.74, 6) is -1.76. The van der Waals surface area contributed by atoms with Crippen LogP contribution in [0.25, 0.3) is 0 Å². The molecular weight excluding hydrogens is 524 g/mol. The van der Waals surface area contributed by atoms with Crippen LogP contribution in [0.3, 0.4) is 0 Å². The Balaban J connectivity index is 1.62. The zero-order chi connectivity index (χ0) is 28.0. The van der Waals surface area contributed by atoms with Crippen molar-refractivity contribution >= 4 is 40.5 Å². The zero-order valence-corrected chi connectivity index (χ0v) is 21.1. The number of carbonyl (C=O) groups excluding carboxylic acids is 2. The Morgan fingerprint density at radius 2 is 1.87 bits per heavy atom. The maximum absolute atomic E-state index is 15.0. The van der Waals surface area contributed by atoms with Gasteiger partial charge >= 0.3 is 6.18 Å². The van der Waals surface area contributed by atoms with Crippen LogP contribution in [0.4, 0.5) is 28.9 Å². The number of nitrogens with one attached hydrogen (secondary N) is 1. The van der Waals surface area contributed by atoms with E-state index in [9.17, 15) is 22.8 Å². The van der Waals surface area contributed by atoms with Crippen LogP contribution in [-0.2, 0) is 24.6 Å². The molecule has 0 atom stereocenters. The van der Waals surface area contributed by atoms with Crippen molar-refractivity contribution in [2.24, 2.45) is 7.05 Å². The van der Waals surface area contributed by atoms with Crippen LogP contribution in [0.15, 0.2) is 48.9 Å². The van der Waals surface area contributed by atoms with Gasteiger partial charge in [0.2, 0.25) is 0 Å². The zero-order valence-electron chi connectivity index (χ0n) is 20.3. The molecule has 0 aliphatic carbocycles. The Bertz CT molecular complexity index is 1510. The van der Waals surface area contributed by atoms with E-state index in [0.717, 1.165) is 17.0 Å². The van der Waals surface area contributed by atoms with E-state index in [1.165, 1.54) is 60.1 Å². The lowest BCUT2D eigenvalue weighted by Crippen LogP contribution is -2.44. The van der Waals surface area contributed by atoms with Crippen LogP contribution < -0.4 is 15.1 Å². The minimum absolute atomic E-state index is 0.125. The van der Waals surface area contributed by atoms with Crippen molar-refractivity contribution in [3.8, 4) is 6.07 Å². The number of amides is 2. The van der Waals surface area contributed by atoms with E-state index in [-0.39, 0.29) is 28.6 Å². The van der Waals surface area contributed by atoms with Gasteiger partial charge < -0.3 is 14.8 Å². The molecule has 1 saturated heterocycles. The highest BCUT2D eigenvalue weighted by Gasteiger charge is 2.50. The Hall–Kier alpha value is -4.31. The molecule has 2 heterocycles. The molecule has 1 aliphatic rings. The Morgan fingerprint density at radius 1 is 1.18 bits per heavy atom. The van der Waals surface area contributed by atoms with Crippen LogP contribution in [0.1, 0.15) is 41.0 Å². The van der Waals surface area contributed by atoms with Gasteiger partial charge in [0.15, 0.2) is 5.11 Å². The SMILES string of the molecule is Cn1cncc1C(=O)NCc1ccc(N2C(=S)N(c3ccc(C#N)c(C(F)(F)F)c3)C(=O)C2(C)C)cc1F. The number of anilines is 2. The van der Waals surface area contributed by atoms with Gasteiger partial charge in [-0.1, -0.05) is 6.07 Å². The molecule has 3 aromatic rings. The molecule has 196 valence electrons. The summed E-state index contributed by atoms with van der Waals surface area (Å²) in [5.41, 5.74) is -2.68. The van der Waals surface area contributed by atoms with Gasteiger partial charge in [-0.3, -0.25) is 14.5 Å². The molecule has 13 heteroatoms. The third-order valence-electron chi connectivity index (χ3n) is 6.14. The number of aryl methyl sites for hydroxylation is 1. The highest BCUT2D eigenvalue weighted by Crippen LogP contribution is 2.39. The molecule has 1 N–H and O–H groups in total. The fraction of sp³-hybridized carbons (Fsp3) is 0.240. The number of hydrogen-bond donors (Lipinski definition) is 1. The fourth-order valence-electron chi connectivity index (χ4n) is 4.12. The quantitative estimate of drug-likeness (QED) is 0.381. The predicted octanol–water partition coefficient (Wildman–Crippen LogP) is 4.30. The Morgan fingerprint density at radius 3 is 2.45 bits per heavy atom. The number of hydrogen-bond acceptors (Lipinski definition) is 5. The van der Waals surface area contributed by atoms with Gasteiger partial charge in [-0.25, -0.2) is 9.37 Å². The van der Waals surface area contributed by atoms with Crippen molar-refractivity contribution in [2.75, 3.05) is 9.80 Å². The van der Waals surface area contributed by atoms with Crippen molar-refractivity contribution < 1.29 is 27.2 Å². The number of aromatic nitrogens is 2. The monoisotopic (exact) mass is 544 g/mol. The average molecular weight is 545 g/mol. The van der Waals surface area contributed by atoms with E-state index < -0.39 is 40.5 Å². The summed E-state index contributed by atoms with van der Waals surface area (Å²) in [7, 11) is 1.64. The number of nitriles is 1. The number of rotatable bonds is 5. The van der Waals surface area contributed by atoms with Gasteiger partial charge in [-0.15, -0.1) is 0 Å². The predicted molar refractivity (Wildman–Crippen MR) is 134 cm³/mol. The second kappa shape index (κ2) is 9.53. The standard InChI is InChI=1S/C25H20F4N6O2S/c1-24(2)22(37)34(16-6-4-14(10-30)18(8-16)25(27,28)29)23(38)35(24)17-7-5-15(19(26)9-17)11-32-21(36)20-12-31-13-33(20)3/h4-9,12-13H,11H2,1-3H3,(H,32,36). The number of nitrogens with zero attached hydrogens (tertiary/aromatic N) is 5. The summed E-state index contributed by atoms with van der Waals surface area (Å²) in [6.07, 6.45) is -2.00. The number of carbonyl (C=O) groups is 2. The van der Waals surface area contributed by atoms with Crippen molar-refractivity contribution in [1.82, 2.24) is 14.9 Å². The molecule has 38 heavy (non-hydrogen) atoms. The molecule has 0 unspecified atom stereocenters.